The molecule has 0 radical (unpaired) electrons. The number of thiophene rings is 1. The fraction of sp³-hybridized carbons (Fsp3) is 0.765. The Balaban J connectivity index is 2.38. The molecule has 0 aromatic carbocycles. The lowest BCUT2D eigenvalue weighted by Crippen LogP contribution is -2.45. The second kappa shape index (κ2) is 4.96. The standard InChI is InChI=1S/C17H30OSSi/c1-12-11-13-14(19-12)9-10-17(5,6)15(13)18-20(7,8)16(2,3)4/h11,15H,9-10H2,1-8H3. The van der Waals surface area contributed by atoms with Crippen LogP contribution in [0.15, 0.2) is 6.07 Å². The molecule has 0 spiro atoms. The van der Waals surface area contributed by atoms with Gasteiger partial charge in [-0.25, -0.2) is 0 Å². The Morgan fingerprint density at radius 1 is 1.30 bits per heavy atom. The third-order valence-electron chi connectivity index (χ3n) is 5.17. The van der Waals surface area contributed by atoms with Crippen LogP contribution < -0.4 is 0 Å². The maximum atomic E-state index is 6.84. The highest BCUT2D eigenvalue weighted by Crippen LogP contribution is 2.51. The molecular weight excluding hydrogens is 280 g/mol. The molecule has 0 saturated heterocycles. The Bertz CT molecular complexity index is 494. The molecule has 0 amide bonds. The molecular formula is C17H30OSSi. The molecule has 1 aromatic heterocycles. The Labute approximate surface area is 129 Å². The van der Waals surface area contributed by atoms with E-state index < -0.39 is 8.32 Å². The first kappa shape index (κ1) is 16.3. The van der Waals surface area contributed by atoms with E-state index in [0.717, 1.165) is 0 Å². The van der Waals surface area contributed by atoms with Crippen molar-refractivity contribution in [3.05, 3.63) is 21.4 Å². The van der Waals surface area contributed by atoms with Gasteiger partial charge in [-0.2, -0.15) is 0 Å². The molecule has 1 atom stereocenters. The molecule has 0 bridgehead atoms. The molecule has 1 unspecified atom stereocenters. The minimum Gasteiger partial charge on any atom is -0.409 e. The van der Waals surface area contributed by atoms with Crippen molar-refractivity contribution in [2.24, 2.45) is 5.41 Å². The molecule has 0 saturated carbocycles. The summed E-state index contributed by atoms with van der Waals surface area (Å²) < 4.78 is 6.84. The molecule has 1 aromatic rings. The summed E-state index contributed by atoms with van der Waals surface area (Å²) in [6.07, 6.45) is 2.73. The van der Waals surface area contributed by atoms with Gasteiger partial charge in [0.1, 0.15) is 0 Å². The first-order valence-corrected chi connectivity index (χ1v) is 11.4. The van der Waals surface area contributed by atoms with E-state index in [2.05, 4.69) is 60.7 Å². The first-order chi connectivity index (χ1) is 8.94. The highest BCUT2D eigenvalue weighted by atomic mass is 32.1. The average Bonchev–Trinajstić information content (AvgIpc) is 2.62. The van der Waals surface area contributed by atoms with Gasteiger partial charge in [-0.1, -0.05) is 34.6 Å². The van der Waals surface area contributed by atoms with Crippen LogP contribution >= 0.6 is 11.3 Å². The van der Waals surface area contributed by atoms with Crippen molar-refractivity contribution in [2.75, 3.05) is 0 Å². The molecule has 1 nitrogen and oxygen atoms in total. The molecule has 1 aliphatic carbocycles. The Morgan fingerprint density at radius 2 is 1.90 bits per heavy atom. The largest absolute Gasteiger partial charge is 0.409 e. The maximum Gasteiger partial charge on any atom is 0.192 e. The highest BCUT2D eigenvalue weighted by molar-refractivity contribution is 7.12. The lowest BCUT2D eigenvalue weighted by Gasteiger charge is -2.46. The number of hydrogen-bond acceptors (Lipinski definition) is 2. The van der Waals surface area contributed by atoms with Crippen LogP contribution in [0.2, 0.25) is 18.1 Å². The van der Waals surface area contributed by atoms with Crippen LogP contribution in [0, 0.1) is 12.3 Å². The van der Waals surface area contributed by atoms with Crippen molar-refractivity contribution >= 4 is 19.7 Å². The van der Waals surface area contributed by atoms with Crippen LogP contribution in [-0.4, -0.2) is 8.32 Å². The van der Waals surface area contributed by atoms with Crippen molar-refractivity contribution < 1.29 is 4.43 Å². The van der Waals surface area contributed by atoms with E-state index in [4.69, 9.17) is 4.43 Å². The fourth-order valence-corrected chi connectivity index (χ4v) is 5.13. The Morgan fingerprint density at radius 3 is 2.45 bits per heavy atom. The molecule has 20 heavy (non-hydrogen) atoms. The van der Waals surface area contributed by atoms with E-state index in [1.54, 1.807) is 4.88 Å². The van der Waals surface area contributed by atoms with E-state index in [0.29, 0.717) is 0 Å². The molecule has 3 heteroatoms. The van der Waals surface area contributed by atoms with Crippen LogP contribution in [0.5, 0.6) is 0 Å². The van der Waals surface area contributed by atoms with E-state index >= 15 is 0 Å². The zero-order valence-electron chi connectivity index (χ0n) is 14.4. The molecule has 2 rings (SSSR count). The van der Waals surface area contributed by atoms with Crippen LogP contribution in [0.4, 0.5) is 0 Å². The summed E-state index contributed by atoms with van der Waals surface area (Å²) >= 11 is 1.96. The van der Waals surface area contributed by atoms with E-state index in [1.807, 2.05) is 11.3 Å². The van der Waals surface area contributed by atoms with E-state index in [-0.39, 0.29) is 16.6 Å². The quantitative estimate of drug-likeness (QED) is 0.600. The summed E-state index contributed by atoms with van der Waals surface area (Å²) in [5, 5.41) is 0.270. The molecule has 0 fully saturated rings. The summed E-state index contributed by atoms with van der Waals surface area (Å²) in [4.78, 5) is 2.99. The second-order valence-corrected chi connectivity index (χ2v) is 14.6. The highest BCUT2D eigenvalue weighted by Gasteiger charge is 2.45. The molecule has 1 heterocycles. The monoisotopic (exact) mass is 310 g/mol. The van der Waals surface area contributed by atoms with Gasteiger partial charge in [0, 0.05) is 9.75 Å². The third kappa shape index (κ3) is 2.90. The van der Waals surface area contributed by atoms with Gasteiger partial charge in [0.2, 0.25) is 0 Å². The maximum absolute atomic E-state index is 6.84. The van der Waals surface area contributed by atoms with Crippen molar-refractivity contribution in [3.8, 4) is 0 Å². The van der Waals surface area contributed by atoms with Crippen molar-refractivity contribution in [2.45, 2.75) is 78.6 Å². The van der Waals surface area contributed by atoms with Gasteiger partial charge in [0.05, 0.1) is 6.10 Å². The number of hydrogen-bond donors (Lipinski definition) is 0. The van der Waals surface area contributed by atoms with E-state index in [1.165, 1.54) is 23.3 Å². The number of fused-ring (bicyclic) bond motifs is 1. The van der Waals surface area contributed by atoms with Crippen LogP contribution in [0.1, 0.15) is 62.5 Å². The molecule has 114 valence electrons. The van der Waals surface area contributed by atoms with Gasteiger partial charge >= 0.3 is 0 Å². The van der Waals surface area contributed by atoms with Crippen LogP contribution in [0.3, 0.4) is 0 Å². The number of aryl methyl sites for hydroxylation is 2. The second-order valence-electron chi connectivity index (χ2n) is 8.48. The van der Waals surface area contributed by atoms with Gasteiger partial charge in [0.25, 0.3) is 0 Å². The molecule has 1 aliphatic rings. The van der Waals surface area contributed by atoms with E-state index in [9.17, 15) is 0 Å². The topological polar surface area (TPSA) is 9.23 Å². The average molecular weight is 311 g/mol. The van der Waals surface area contributed by atoms with Crippen LogP contribution in [-0.2, 0) is 10.8 Å². The predicted molar refractivity (Wildman–Crippen MR) is 92.2 cm³/mol. The SMILES string of the molecule is Cc1cc2c(s1)CCC(C)(C)C2O[Si](C)(C)C(C)(C)C. The van der Waals surface area contributed by atoms with Gasteiger partial charge in [-0.15, -0.1) is 11.3 Å². The summed E-state index contributed by atoms with van der Waals surface area (Å²) in [7, 11) is -1.74. The van der Waals surface area contributed by atoms with Gasteiger partial charge in [-0.3, -0.25) is 0 Å². The van der Waals surface area contributed by atoms with Gasteiger partial charge < -0.3 is 4.43 Å². The van der Waals surface area contributed by atoms with Gasteiger partial charge in [0.15, 0.2) is 8.32 Å². The normalized spacial score (nSPS) is 22.7. The summed E-state index contributed by atoms with van der Waals surface area (Å²) in [6, 6.07) is 2.37. The third-order valence-corrected chi connectivity index (χ3v) is 10.7. The molecule has 0 aliphatic heterocycles. The minimum atomic E-state index is -1.74. The van der Waals surface area contributed by atoms with Crippen molar-refractivity contribution in [1.82, 2.24) is 0 Å². The van der Waals surface area contributed by atoms with Crippen molar-refractivity contribution in [1.29, 1.82) is 0 Å². The molecule has 0 N–H and O–H groups in total. The summed E-state index contributed by atoms with van der Waals surface area (Å²) in [5.41, 5.74) is 1.73. The van der Waals surface area contributed by atoms with Crippen LogP contribution in [0.25, 0.3) is 0 Å². The van der Waals surface area contributed by atoms with Gasteiger partial charge in [-0.05, 0) is 54.9 Å². The fourth-order valence-electron chi connectivity index (χ4n) is 2.68. The number of rotatable bonds is 2. The zero-order chi connectivity index (χ0) is 15.3. The summed E-state index contributed by atoms with van der Waals surface area (Å²) in [6.45, 7) is 18.7. The van der Waals surface area contributed by atoms with Crippen molar-refractivity contribution in [3.63, 3.8) is 0 Å². The minimum absolute atomic E-state index is 0.246. The first-order valence-electron chi connectivity index (χ1n) is 7.71. The Hall–Kier alpha value is -0.123. The summed E-state index contributed by atoms with van der Waals surface area (Å²) in [5.74, 6) is 0. The predicted octanol–water partition coefficient (Wildman–Crippen LogP) is 6.09. The lowest BCUT2D eigenvalue weighted by atomic mass is 9.74. The zero-order valence-corrected chi connectivity index (χ0v) is 16.2. The smallest absolute Gasteiger partial charge is 0.192 e. The Kier molecular flexibility index (Phi) is 4.03. The lowest BCUT2D eigenvalue weighted by molar-refractivity contribution is 0.0449.